The molecule has 1 aliphatic heterocycles. The van der Waals surface area contributed by atoms with Crippen molar-refractivity contribution < 1.29 is 18.0 Å². The minimum atomic E-state index is -4.84. The molecule has 3 nitrogen and oxygen atoms in total. The van der Waals surface area contributed by atoms with Crippen LogP contribution in [0.5, 0.6) is 0 Å². The normalized spacial score (nSPS) is 16.8. The maximum Gasteiger partial charge on any atom is 0.454 e. The number of anilines is 2. The van der Waals surface area contributed by atoms with Gasteiger partial charge in [-0.05, 0) is 18.2 Å². The van der Waals surface area contributed by atoms with Gasteiger partial charge in [-0.1, -0.05) is 11.8 Å². The smallest absolute Gasteiger partial charge is 0.399 e. The van der Waals surface area contributed by atoms with Gasteiger partial charge < -0.3 is 11.1 Å². The monoisotopic (exact) mass is 260 g/mol. The van der Waals surface area contributed by atoms with E-state index in [4.69, 9.17) is 5.73 Å². The first-order valence-corrected chi connectivity index (χ1v) is 5.35. The lowest BCUT2D eigenvalue weighted by Gasteiger charge is -2.01. The van der Waals surface area contributed by atoms with Gasteiger partial charge in [0.25, 0.3) is 5.78 Å². The summed E-state index contributed by atoms with van der Waals surface area (Å²) in [5, 5.41) is 2.86. The molecule has 0 fully saturated rings. The summed E-state index contributed by atoms with van der Waals surface area (Å²) in [5.41, 5.74) is 6.70. The predicted molar refractivity (Wildman–Crippen MR) is 59.5 cm³/mol. The van der Waals surface area contributed by atoms with E-state index in [0.29, 0.717) is 22.3 Å². The van der Waals surface area contributed by atoms with E-state index < -0.39 is 12.0 Å². The molecule has 0 atom stereocenters. The number of hydrogen-bond acceptors (Lipinski definition) is 4. The summed E-state index contributed by atoms with van der Waals surface area (Å²) >= 11 is 1.04. The Hall–Kier alpha value is -1.63. The molecule has 1 aromatic carbocycles. The fraction of sp³-hybridized carbons (Fsp3) is 0.100. The number of nitrogen functional groups attached to an aromatic ring is 1. The number of carbonyl (C=O) groups excluding carboxylic acids is 1. The topological polar surface area (TPSA) is 55.1 Å². The highest BCUT2D eigenvalue weighted by Crippen LogP contribution is 2.42. The number of rotatable bonds is 1. The number of alkyl halides is 3. The van der Waals surface area contributed by atoms with Crippen LogP contribution in [-0.2, 0) is 4.79 Å². The van der Waals surface area contributed by atoms with Crippen molar-refractivity contribution in [1.29, 1.82) is 0 Å². The third-order valence-corrected chi connectivity index (χ3v) is 3.02. The van der Waals surface area contributed by atoms with Crippen molar-refractivity contribution in [2.75, 3.05) is 11.1 Å². The third-order valence-electron chi connectivity index (χ3n) is 2.03. The quantitative estimate of drug-likeness (QED) is 0.602. The zero-order valence-electron chi connectivity index (χ0n) is 8.34. The molecule has 0 aromatic heterocycles. The number of nitrogens with one attached hydrogen (secondary N) is 1. The maximum atomic E-state index is 12.0. The number of carbonyl (C=O) groups is 1. The lowest BCUT2D eigenvalue weighted by atomic mass is 10.3. The summed E-state index contributed by atoms with van der Waals surface area (Å²) < 4.78 is 36.1. The molecule has 0 aliphatic carbocycles. The van der Waals surface area contributed by atoms with Gasteiger partial charge in [-0.2, -0.15) is 13.2 Å². The molecule has 1 aliphatic rings. The second-order valence-corrected chi connectivity index (χ2v) is 4.44. The highest BCUT2D eigenvalue weighted by Gasteiger charge is 2.37. The Labute approximate surface area is 98.9 Å². The van der Waals surface area contributed by atoms with Gasteiger partial charge in [0.1, 0.15) is 0 Å². The molecule has 0 amide bonds. The molecule has 2 rings (SSSR count). The van der Waals surface area contributed by atoms with Crippen molar-refractivity contribution in [1.82, 2.24) is 0 Å². The van der Waals surface area contributed by atoms with Crippen molar-refractivity contribution >= 4 is 28.9 Å². The van der Waals surface area contributed by atoms with Crippen LogP contribution in [-0.4, -0.2) is 12.0 Å². The summed E-state index contributed by atoms with van der Waals surface area (Å²) in [6.07, 6.45) is -4.30. The first-order chi connectivity index (χ1) is 7.86. The van der Waals surface area contributed by atoms with E-state index in [9.17, 15) is 18.0 Å². The van der Waals surface area contributed by atoms with Gasteiger partial charge >= 0.3 is 6.18 Å². The van der Waals surface area contributed by atoms with Gasteiger partial charge in [0.05, 0.1) is 10.7 Å². The van der Waals surface area contributed by atoms with E-state index in [2.05, 4.69) is 5.32 Å². The van der Waals surface area contributed by atoms with Crippen molar-refractivity contribution in [2.45, 2.75) is 11.1 Å². The Bertz CT molecular complexity index is 511. The average molecular weight is 260 g/mol. The first kappa shape index (κ1) is 11.8. The molecule has 7 heteroatoms. The highest BCUT2D eigenvalue weighted by atomic mass is 32.2. The molecule has 0 saturated heterocycles. The molecule has 0 spiro atoms. The molecular weight excluding hydrogens is 253 g/mol. The zero-order valence-corrected chi connectivity index (χ0v) is 9.15. The summed E-state index contributed by atoms with van der Waals surface area (Å²) in [7, 11) is 0. The zero-order chi connectivity index (χ0) is 12.6. The lowest BCUT2D eigenvalue weighted by molar-refractivity contribution is -0.165. The van der Waals surface area contributed by atoms with E-state index in [1.165, 1.54) is 0 Å². The predicted octanol–water partition coefficient (Wildman–Crippen LogP) is 2.76. The molecule has 17 heavy (non-hydrogen) atoms. The molecule has 0 saturated carbocycles. The SMILES string of the molecule is Nc1ccc2c(c1)SC(=CC(=O)C(F)(F)F)N2. The molecule has 1 aromatic rings. The Morgan fingerprint density at radius 2 is 2.12 bits per heavy atom. The number of thioether (sulfide) groups is 1. The number of benzene rings is 1. The summed E-state index contributed by atoms with van der Waals surface area (Å²) in [6.45, 7) is 0. The van der Waals surface area contributed by atoms with E-state index in [0.717, 1.165) is 11.8 Å². The molecular formula is C10H7F3N2OS. The fourth-order valence-corrected chi connectivity index (χ4v) is 2.26. The number of allylic oxidation sites excluding steroid dienone is 1. The second-order valence-electron chi connectivity index (χ2n) is 3.35. The molecule has 0 radical (unpaired) electrons. The van der Waals surface area contributed by atoms with E-state index in [1.807, 2.05) is 0 Å². The first-order valence-electron chi connectivity index (χ1n) is 4.53. The number of hydrogen-bond donors (Lipinski definition) is 2. The largest absolute Gasteiger partial charge is 0.454 e. The minimum Gasteiger partial charge on any atom is -0.399 e. The van der Waals surface area contributed by atoms with Gasteiger partial charge in [0, 0.05) is 16.7 Å². The van der Waals surface area contributed by atoms with E-state index in [1.54, 1.807) is 18.2 Å². The molecule has 1 heterocycles. The van der Waals surface area contributed by atoms with Crippen molar-refractivity contribution in [2.24, 2.45) is 0 Å². The second kappa shape index (κ2) is 3.99. The van der Waals surface area contributed by atoms with Crippen LogP contribution in [0, 0.1) is 0 Å². The van der Waals surface area contributed by atoms with Gasteiger partial charge in [0.2, 0.25) is 0 Å². The van der Waals surface area contributed by atoms with Crippen LogP contribution in [0.3, 0.4) is 0 Å². The van der Waals surface area contributed by atoms with Crippen LogP contribution in [0.2, 0.25) is 0 Å². The Morgan fingerprint density at radius 3 is 2.76 bits per heavy atom. The van der Waals surface area contributed by atoms with Gasteiger partial charge in [0.15, 0.2) is 0 Å². The Balaban J connectivity index is 2.21. The number of nitrogens with two attached hydrogens (primary N) is 1. The Kier molecular flexibility index (Phi) is 2.78. The van der Waals surface area contributed by atoms with E-state index in [-0.39, 0.29) is 5.03 Å². The standard InChI is InChI=1S/C10H7F3N2OS/c11-10(12,13)8(16)4-9-15-6-2-1-5(14)3-7(6)17-9/h1-4,15H,14H2. The maximum absolute atomic E-state index is 12.0. The van der Waals surface area contributed by atoms with Crippen LogP contribution < -0.4 is 11.1 Å². The number of fused-ring (bicyclic) bond motifs is 1. The van der Waals surface area contributed by atoms with Crippen molar-refractivity contribution in [3.05, 3.63) is 29.3 Å². The van der Waals surface area contributed by atoms with Crippen LogP contribution >= 0.6 is 11.8 Å². The summed E-state index contributed by atoms with van der Waals surface area (Å²) in [5.74, 6) is -1.88. The minimum absolute atomic E-state index is 0.146. The number of ketones is 1. The van der Waals surface area contributed by atoms with E-state index >= 15 is 0 Å². The van der Waals surface area contributed by atoms with Gasteiger partial charge in [-0.25, -0.2) is 0 Å². The van der Waals surface area contributed by atoms with Crippen LogP contribution in [0.4, 0.5) is 24.5 Å². The molecule has 0 bridgehead atoms. The third kappa shape index (κ3) is 2.55. The van der Waals surface area contributed by atoms with Crippen molar-refractivity contribution in [3.8, 4) is 0 Å². The molecule has 90 valence electrons. The fourth-order valence-electron chi connectivity index (χ4n) is 1.27. The lowest BCUT2D eigenvalue weighted by Crippen LogP contribution is -2.20. The van der Waals surface area contributed by atoms with Crippen LogP contribution in [0.15, 0.2) is 34.2 Å². The average Bonchev–Trinajstić information content (AvgIpc) is 2.57. The summed E-state index contributed by atoms with van der Waals surface area (Å²) in [4.78, 5) is 11.5. The molecule has 0 unspecified atom stereocenters. The Morgan fingerprint density at radius 1 is 1.41 bits per heavy atom. The van der Waals surface area contributed by atoms with Gasteiger partial charge in [-0.3, -0.25) is 4.79 Å². The van der Waals surface area contributed by atoms with Crippen molar-refractivity contribution in [3.63, 3.8) is 0 Å². The van der Waals surface area contributed by atoms with Crippen LogP contribution in [0.1, 0.15) is 0 Å². The number of halogens is 3. The molecule has 3 N–H and O–H groups in total. The highest BCUT2D eigenvalue weighted by molar-refractivity contribution is 8.03. The summed E-state index contributed by atoms with van der Waals surface area (Å²) in [6, 6.07) is 4.91. The van der Waals surface area contributed by atoms with Gasteiger partial charge in [-0.15, -0.1) is 0 Å². The van der Waals surface area contributed by atoms with Crippen LogP contribution in [0.25, 0.3) is 0 Å².